The molecule has 1 aliphatic rings. The van der Waals surface area contributed by atoms with Crippen LogP contribution in [0.3, 0.4) is 0 Å². The Kier molecular flexibility index (Phi) is 5.63. The van der Waals surface area contributed by atoms with Crippen LogP contribution in [0.5, 0.6) is 0 Å². The summed E-state index contributed by atoms with van der Waals surface area (Å²) in [6.45, 7) is 5.29. The molecule has 22 heavy (non-hydrogen) atoms. The molecule has 0 radical (unpaired) electrons. The molecule has 1 aromatic rings. The molecule has 5 nitrogen and oxygen atoms in total. The second-order valence-corrected chi connectivity index (χ2v) is 8.68. The minimum atomic E-state index is -3.56. The van der Waals surface area contributed by atoms with Crippen LogP contribution in [0.1, 0.15) is 20.3 Å². The molecule has 0 bridgehead atoms. The predicted molar refractivity (Wildman–Crippen MR) is 88.9 cm³/mol. The Balaban J connectivity index is 2.07. The summed E-state index contributed by atoms with van der Waals surface area (Å²) in [6.07, 6.45) is 0.563. The van der Waals surface area contributed by atoms with E-state index in [1.807, 2.05) is 13.8 Å². The van der Waals surface area contributed by atoms with E-state index in [2.05, 4.69) is 21.2 Å². The molecule has 1 heterocycles. The number of nitrogens with zero attached hydrogens (tertiary/aromatic N) is 1. The summed E-state index contributed by atoms with van der Waals surface area (Å²) in [6, 6.07) is 6.75. The molecule has 1 fully saturated rings. The lowest BCUT2D eigenvalue weighted by atomic mass is 10.1. The van der Waals surface area contributed by atoms with Crippen LogP contribution in [0.2, 0.25) is 0 Å². The Labute approximate surface area is 140 Å². The molecule has 1 unspecified atom stereocenters. The number of sulfonamides is 1. The zero-order valence-electron chi connectivity index (χ0n) is 12.8. The van der Waals surface area contributed by atoms with Gasteiger partial charge < -0.3 is 5.32 Å². The smallest absolute Gasteiger partial charge is 0.244 e. The van der Waals surface area contributed by atoms with Gasteiger partial charge in [0.1, 0.15) is 0 Å². The van der Waals surface area contributed by atoms with Crippen LogP contribution in [-0.2, 0) is 14.8 Å². The third kappa shape index (κ3) is 3.88. The van der Waals surface area contributed by atoms with Crippen LogP contribution in [0.15, 0.2) is 33.6 Å². The molecular weight excluding hydrogens is 368 g/mol. The van der Waals surface area contributed by atoms with Gasteiger partial charge in [0.2, 0.25) is 15.9 Å². The quantitative estimate of drug-likeness (QED) is 0.840. The highest BCUT2D eigenvalue weighted by Crippen LogP contribution is 2.28. The number of hydrogen-bond donors (Lipinski definition) is 1. The van der Waals surface area contributed by atoms with Crippen molar-refractivity contribution in [3.63, 3.8) is 0 Å². The van der Waals surface area contributed by atoms with E-state index in [9.17, 15) is 13.2 Å². The first-order valence-electron chi connectivity index (χ1n) is 7.34. The summed E-state index contributed by atoms with van der Waals surface area (Å²) in [5, 5.41) is 2.88. The molecule has 1 N–H and O–H groups in total. The zero-order valence-corrected chi connectivity index (χ0v) is 15.2. The number of halogens is 1. The summed E-state index contributed by atoms with van der Waals surface area (Å²) in [7, 11) is -3.56. The predicted octanol–water partition coefficient (Wildman–Crippen LogP) is 2.23. The molecule has 1 saturated heterocycles. The first kappa shape index (κ1) is 17.4. The number of hydrogen-bond acceptors (Lipinski definition) is 3. The summed E-state index contributed by atoms with van der Waals surface area (Å²) in [4.78, 5) is 12.3. The SMILES string of the molecule is CC(C)CNC(=O)C1CCN(S(=O)(=O)c2ccccc2Br)C1. The summed E-state index contributed by atoms with van der Waals surface area (Å²) in [5.41, 5.74) is 0. The molecule has 2 rings (SSSR count). The molecule has 1 aliphatic heterocycles. The average molecular weight is 389 g/mol. The van der Waals surface area contributed by atoms with Crippen LogP contribution in [-0.4, -0.2) is 38.3 Å². The van der Waals surface area contributed by atoms with Crippen molar-refractivity contribution in [2.75, 3.05) is 19.6 Å². The van der Waals surface area contributed by atoms with Crippen molar-refractivity contribution in [1.82, 2.24) is 9.62 Å². The number of benzene rings is 1. The van der Waals surface area contributed by atoms with Gasteiger partial charge in [-0.3, -0.25) is 4.79 Å². The number of carbonyl (C=O) groups is 1. The van der Waals surface area contributed by atoms with Crippen molar-refractivity contribution in [3.8, 4) is 0 Å². The highest BCUT2D eigenvalue weighted by atomic mass is 79.9. The minimum absolute atomic E-state index is 0.0569. The number of nitrogens with one attached hydrogen (secondary N) is 1. The van der Waals surface area contributed by atoms with Crippen molar-refractivity contribution >= 4 is 31.9 Å². The lowest BCUT2D eigenvalue weighted by molar-refractivity contribution is -0.124. The maximum atomic E-state index is 12.7. The van der Waals surface area contributed by atoms with Gasteiger partial charge in [0, 0.05) is 24.1 Å². The van der Waals surface area contributed by atoms with Crippen LogP contribution in [0.25, 0.3) is 0 Å². The van der Waals surface area contributed by atoms with E-state index < -0.39 is 10.0 Å². The normalized spacial score (nSPS) is 19.5. The van der Waals surface area contributed by atoms with Gasteiger partial charge in [0.15, 0.2) is 0 Å². The first-order chi connectivity index (χ1) is 10.3. The standard InChI is InChI=1S/C15H21BrN2O3S/c1-11(2)9-17-15(19)12-7-8-18(10-12)22(20,21)14-6-4-3-5-13(14)16/h3-6,11-12H,7-10H2,1-2H3,(H,17,19). The molecule has 1 atom stereocenters. The van der Waals surface area contributed by atoms with Gasteiger partial charge >= 0.3 is 0 Å². The van der Waals surface area contributed by atoms with Gasteiger partial charge in [-0.05, 0) is 40.4 Å². The van der Waals surface area contributed by atoms with Crippen molar-refractivity contribution < 1.29 is 13.2 Å². The lowest BCUT2D eigenvalue weighted by Gasteiger charge is -2.17. The van der Waals surface area contributed by atoms with Gasteiger partial charge in [-0.1, -0.05) is 26.0 Å². The number of rotatable bonds is 5. The third-order valence-electron chi connectivity index (χ3n) is 3.66. The van der Waals surface area contributed by atoms with Gasteiger partial charge in [-0.15, -0.1) is 0 Å². The van der Waals surface area contributed by atoms with Crippen molar-refractivity contribution in [2.24, 2.45) is 11.8 Å². The second kappa shape index (κ2) is 7.10. The van der Waals surface area contributed by atoms with E-state index in [1.54, 1.807) is 24.3 Å². The van der Waals surface area contributed by atoms with Crippen LogP contribution >= 0.6 is 15.9 Å². The Hall–Kier alpha value is -0.920. The van der Waals surface area contributed by atoms with Gasteiger partial charge in [0.25, 0.3) is 0 Å². The minimum Gasteiger partial charge on any atom is -0.356 e. The second-order valence-electron chi connectivity index (χ2n) is 5.92. The van der Waals surface area contributed by atoms with E-state index in [-0.39, 0.29) is 23.3 Å². The van der Waals surface area contributed by atoms with E-state index in [4.69, 9.17) is 0 Å². The largest absolute Gasteiger partial charge is 0.356 e. The first-order valence-corrected chi connectivity index (χ1v) is 9.58. The summed E-state index contributed by atoms with van der Waals surface area (Å²) >= 11 is 3.28. The van der Waals surface area contributed by atoms with Gasteiger partial charge in [0.05, 0.1) is 10.8 Å². The average Bonchev–Trinajstić information content (AvgIpc) is 2.95. The fourth-order valence-corrected chi connectivity index (χ4v) is 4.87. The monoisotopic (exact) mass is 388 g/mol. The lowest BCUT2D eigenvalue weighted by Crippen LogP contribution is -2.36. The molecule has 1 aromatic carbocycles. The zero-order chi connectivity index (χ0) is 16.3. The fraction of sp³-hybridized carbons (Fsp3) is 0.533. The molecule has 0 aromatic heterocycles. The highest BCUT2D eigenvalue weighted by Gasteiger charge is 2.36. The van der Waals surface area contributed by atoms with Gasteiger partial charge in [-0.2, -0.15) is 4.31 Å². The van der Waals surface area contributed by atoms with E-state index in [0.29, 0.717) is 29.9 Å². The van der Waals surface area contributed by atoms with Crippen molar-refractivity contribution in [1.29, 1.82) is 0 Å². The van der Waals surface area contributed by atoms with E-state index >= 15 is 0 Å². The Morgan fingerprint density at radius 2 is 2.09 bits per heavy atom. The van der Waals surface area contributed by atoms with Crippen LogP contribution in [0, 0.1) is 11.8 Å². The topological polar surface area (TPSA) is 66.5 Å². The Morgan fingerprint density at radius 3 is 2.73 bits per heavy atom. The van der Waals surface area contributed by atoms with Gasteiger partial charge in [-0.25, -0.2) is 8.42 Å². The van der Waals surface area contributed by atoms with Crippen molar-refractivity contribution in [3.05, 3.63) is 28.7 Å². The van der Waals surface area contributed by atoms with E-state index in [0.717, 1.165) is 0 Å². The number of amides is 1. The molecular formula is C15H21BrN2O3S. The molecule has 7 heteroatoms. The molecule has 0 spiro atoms. The number of carbonyl (C=O) groups excluding carboxylic acids is 1. The molecule has 122 valence electrons. The summed E-state index contributed by atoms with van der Waals surface area (Å²) < 4.78 is 27.2. The van der Waals surface area contributed by atoms with Crippen LogP contribution < -0.4 is 5.32 Å². The molecule has 1 amide bonds. The maximum Gasteiger partial charge on any atom is 0.244 e. The Morgan fingerprint density at radius 1 is 1.41 bits per heavy atom. The fourth-order valence-electron chi connectivity index (χ4n) is 2.40. The van der Waals surface area contributed by atoms with Crippen LogP contribution in [0.4, 0.5) is 0 Å². The molecule has 0 aliphatic carbocycles. The van der Waals surface area contributed by atoms with Crippen molar-refractivity contribution in [2.45, 2.75) is 25.2 Å². The molecule has 0 saturated carbocycles. The summed E-state index contributed by atoms with van der Waals surface area (Å²) in [5.74, 6) is 0.0556. The highest BCUT2D eigenvalue weighted by molar-refractivity contribution is 9.10. The Bertz CT molecular complexity index is 646. The maximum absolute atomic E-state index is 12.7. The van der Waals surface area contributed by atoms with E-state index in [1.165, 1.54) is 4.31 Å². The third-order valence-corrected chi connectivity index (χ3v) is 6.54.